The summed E-state index contributed by atoms with van der Waals surface area (Å²) in [5, 5.41) is 12.6. The van der Waals surface area contributed by atoms with Crippen LogP contribution in [0.5, 0.6) is 5.75 Å². The van der Waals surface area contributed by atoms with E-state index in [0.29, 0.717) is 0 Å². The van der Waals surface area contributed by atoms with E-state index in [1.165, 1.54) is 13.2 Å². The van der Waals surface area contributed by atoms with Gasteiger partial charge in [-0.3, -0.25) is 0 Å². The monoisotopic (exact) mass is 234 g/mol. The molecule has 0 atom stereocenters. The molecule has 1 aliphatic heterocycles. The summed E-state index contributed by atoms with van der Waals surface area (Å²) in [5.41, 5.74) is 0.193. The zero-order valence-corrected chi connectivity index (χ0v) is 9.79. The number of hydrogen-bond donors (Lipinski definition) is 1. The largest absolute Gasteiger partial charge is 0.494 e. The third-order valence-electron chi connectivity index (χ3n) is 3.38. The zero-order chi connectivity index (χ0) is 12.3. The molecule has 3 nitrogen and oxygen atoms in total. The summed E-state index contributed by atoms with van der Waals surface area (Å²) in [6, 6.07) is 7.15. The molecule has 0 amide bonds. The highest BCUT2D eigenvalue weighted by atomic mass is 19.1. The molecule has 0 bridgehead atoms. The highest BCUT2D eigenvalue weighted by Crippen LogP contribution is 2.34. The summed E-state index contributed by atoms with van der Waals surface area (Å²) in [5.74, 6) is -0.186. The summed E-state index contributed by atoms with van der Waals surface area (Å²) < 4.78 is 18.5. The Kier molecular flexibility index (Phi) is 3.30. The average molecular weight is 234 g/mol. The van der Waals surface area contributed by atoms with Crippen LogP contribution >= 0.6 is 0 Å². The van der Waals surface area contributed by atoms with Gasteiger partial charge in [0.1, 0.15) is 0 Å². The van der Waals surface area contributed by atoms with E-state index >= 15 is 0 Å². The minimum atomic E-state index is -0.557. The summed E-state index contributed by atoms with van der Waals surface area (Å²) in [6.07, 6.45) is 1.44. The highest BCUT2D eigenvalue weighted by molar-refractivity contribution is 5.38. The van der Waals surface area contributed by atoms with Crippen molar-refractivity contribution in [2.75, 3.05) is 20.2 Å². The lowest BCUT2D eigenvalue weighted by molar-refractivity contribution is 0.371. The van der Waals surface area contributed by atoms with Crippen LogP contribution in [0.25, 0.3) is 0 Å². The number of nitrogens with zero attached hydrogens (tertiary/aromatic N) is 1. The zero-order valence-electron chi connectivity index (χ0n) is 9.79. The van der Waals surface area contributed by atoms with Gasteiger partial charge < -0.3 is 10.1 Å². The van der Waals surface area contributed by atoms with Crippen LogP contribution in [0.4, 0.5) is 4.39 Å². The second kappa shape index (κ2) is 4.72. The smallest absolute Gasteiger partial charge is 0.165 e. The van der Waals surface area contributed by atoms with Gasteiger partial charge in [0.15, 0.2) is 11.6 Å². The van der Waals surface area contributed by atoms with Gasteiger partial charge in [0.2, 0.25) is 0 Å². The van der Waals surface area contributed by atoms with Crippen LogP contribution in [0.15, 0.2) is 18.2 Å². The number of methoxy groups -OCH3 is 1. The van der Waals surface area contributed by atoms with Gasteiger partial charge in [-0.2, -0.15) is 5.26 Å². The molecule has 4 heteroatoms. The molecule has 1 N–H and O–H groups in total. The SMILES string of the molecule is COc1ccc(C2(C#N)CCNCC2)cc1F. The van der Waals surface area contributed by atoms with Crippen LogP contribution in [0.1, 0.15) is 18.4 Å². The van der Waals surface area contributed by atoms with E-state index in [1.54, 1.807) is 12.1 Å². The molecule has 1 aromatic carbocycles. The number of piperidine rings is 1. The minimum absolute atomic E-state index is 0.218. The lowest BCUT2D eigenvalue weighted by Crippen LogP contribution is -2.38. The third-order valence-corrected chi connectivity index (χ3v) is 3.38. The van der Waals surface area contributed by atoms with Crippen molar-refractivity contribution in [3.63, 3.8) is 0 Å². The van der Waals surface area contributed by atoms with Crippen LogP contribution < -0.4 is 10.1 Å². The van der Waals surface area contributed by atoms with Gasteiger partial charge in [-0.1, -0.05) is 6.07 Å². The van der Waals surface area contributed by atoms with E-state index in [0.717, 1.165) is 31.5 Å². The summed E-state index contributed by atoms with van der Waals surface area (Å²) >= 11 is 0. The van der Waals surface area contributed by atoms with Gasteiger partial charge in [-0.15, -0.1) is 0 Å². The highest BCUT2D eigenvalue weighted by Gasteiger charge is 2.34. The first-order valence-corrected chi connectivity index (χ1v) is 5.68. The minimum Gasteiger partial charge on any atom is -0.494 e. The lowest BCUT2D eigenvalue weighted by Gasteiger charge is -2.31. The van der Waals surface area contributed by atoms with E-state index in [4.69, 9.17) is 4.74 Å². The molecule has 0 saturated carbocycles. The molecular formula is C13H15FN2O. The van der Waals surface area contributed by atoms with Gasteiger partial charge >= 0.3 is 0 Å². The van der Waals surface area contributed by atoms with Crippen molar-refractivity contribution in [3.05, 3.63) is 29.6 Å². The van der Waals surface area contributed by atoms with Gasteiger partial charge in [-0.05, 0) is 43.6 Å². The van der Waals surface area contributed by atoms with Crippen molar-refractivity contribution in [1.82, 2.24) is 5.32 Å². The molecule has 1 fully saturated rings. The average Bonchev–Trinajstić information content (AvgIpc) is 2.39. The molecule has 17 heavy (non-hydrogen) atoms. The van der Waals surface area contributed by atoms with E-state index in [9.17, 15) is 9.65 Å². The Morgan fingerprint density at radius 2 is 2.12 bits per heavy atom. The molecule has 0 unspecified atom stereocenters. The molecule has 1 aliphatic rings. The quantitative estimate of drug-likeness (QED) is 0.851. The van der Waals surface area contributed by atoms with E-state index in [-0.39, 0.29) is 5.75 Å². The van der Waals surface area contributed by atoms with Crippen molar-refractivity contribution in [1.29, 1.82) is 5.26 Å². The third kappa shape index (κ3) is 2.11. The molecular weight excluding hydrogens is 219 g/mol. The molecule has 0 radical (unpaired) electrons. The predicted molar refractivity (Wildman–Crippen MR) is 62.3 cm³/mol. The molecule has 0 aliphatic carbocycles. The maximum Gasteiger partial charge on any atom is 0.165 e. The number of benzene rings is 1. The predicted octanol–water partition coefficient (Wildman–Crippen LogP) is 1.98. The molecule has 1 saturated heterocycles. The van der Waals surface area contributed by atoms with Crippen molar-refractivity contribution < 1.29 is 9.13 Å². The fourth-order valence-electron chi connectivity index (χ4n) is 2.28. The first-order chi connectivity index (χ1) is 8.22. The van der Waals surface area contributed by atoms with Crippen LogP contribution in [0.2, 0.25) is 0 Å². The second-order valence-electron chi connectivity index (χ2n) is 4.29. The van der Waals surface area contributed by atoms with Crippen LogP contribution in [0.3, 0.4) is 0 Å². The Morgan fingerprint density at radius 3 is 2.65 bits per heavy atom. The van der Waals surface area contributed by atoms with Gasteiger partial charge in [0, 0.05) is 0 Å². The fourth-order valence-corrected chi connectivity index (χ4v) is 2.28. The Morgan fingerprint density at radius 1 is 1.41 bits per heavy atom. The topological polar surface area (TPSA) is 45.0 Å². The molecule has 90 valence electrons. The first kappa shape index (κ1) is 11.9. The fraction of sp³-hybridized carbons (Fsp3) is 0.462. The Bertz CT molecular complexity index is 447. The van der Waals surface area contributed by atoms with E-state index in [2.05, 4.69) is 11.4 Å². The van der Waals surface area contributed by atoms with Crippen LogP contribution in [-0.2, 0) is 5.41 Å². The van der Waals surface area contributed by atoms with Gasteiger partial charge in [0.05, 0.1) is 18.6 Å². The summed E-state index contributed by atoms with van der Waals surface area (Å²) in [7, 11) is 1.43. The number of rotatable bonds is 2. The second-order valence-corrected chi connectivity index (χ2v) is 4.29. The van der Waals surface area contributed by atoms with Gasteiger partial charge in [-0.25, -0.2) is 4.39 Å². The van der Waals surface area contributed by atoms with Crippen LogP contribution in [-0.4, -0.2) is 20.2 Å². The first-order valence-electron chi connectivity index (χ1n) is 5.68. The van der Waals surface area contributed by atoms with E-state index < -0.39 is 11.2 Å². The number of nitriles is 1. The summed E-state index contributed by atoms with van der Waals surface area (Å²) in [6.45, 7) is 1.59. The summed E-state index contributed by atoms with van der Waals surface area (Å²) in [4.78, 5) is 0. The normalized spacial score (nSPS) is 18.4. The lowest BCUT2D eigenvalue weighted by atomic mass is 9.74. The number of ether oxygens (including phenoxy) is 1. The maximum atomic E-state index is 13.7. The van der Waals surface area contributed by atoms with Crippen molar-refractivity contribution >= 4 is 0 Å². The Balaban J connectivity index is 2.38. The van der Waals surface area contributed by atoms with Crippen LogP contribution in [0, 0.1) is 17.1 Å². The number of nitrogens with one attached hydrogen (secondary N) is 1. The molecule has 1 aromatic rings. The van der Waals surface area contributed by atoms with Crippen molar-refractivity contribution in [2.45, 2.75) is 18.3 Å². The number of hydrogen-bond acceptors (Lipinski definition) is 3. The molecule has 0 aromatic heterocycles. The van der Waals surface area contributed by atoms with Crippen molar-refractivity contribution in [3.8, 4) is 11.8 Å². The van der Waals surface area contributed by atoms with Crippen molar-refractivity contribution in [2.24, 2.45) is 0 Å². The Hall–Kier alpha value is -1.60. The molecule has 0 spiro atoms. The molecule has 1 heterocycles. The maximum absolute atomic E-state index is 13.7. The van der Waals surface area contributed by atoms with Gasteiger partial charge in [0.25, 0.3) is 0 Å². The Labute approximate surface area is 100 Å². The van der Waals surface area contributed by atoms with E-state index in [1.807, 2.05) is 0 Å². The molecule has 2 rings (SSSR count). The standard InChI is InChI=1S/C13H15FN2O/c1-17-12-3-2-10(8-11(12)14)13(9-15)4-6-16-7-5-13/h2-3,8,16H,4-7H2,1H3. The number of halogens is 1.